The van der Waals surface area contributed by atoms with Gasteiger partial charge in [-0.3, -0.25) is 9.10 Å². The minimum absolute atomic E-state index is 0.0572. The summed E-state index contributed by atoms with van der Waals surface area (Å²) in [6.45, 7) is 0. The van der Waals surface area contributed by atoms with E-state index in [4.69, 9.17) is 0 Å². The summed E-state index contributed by atoms with van der Waals surface area (Å²) >= 11 is 1.53. The van der Waals surface area contributed by atoms with Crippen LogP contribution in [0.2, 0.25) is 0 Å². The monoisotopic (exact) mass is 449 g/mol. The van der Waals surface area contributed by atoms with E-state index in [1.165, 1.54) is 34.8 Å². The third-order valence-electron chi connectivity index (χ3n) is 4.71. The van der Waals surface area contributed by atoms with Crippen molar-refractivity contribution >= 4 is 38.6 Å². The number of nitrogens with zero attached hydrogens (tertiary/aromatic N) is 2. The first kappa shape index (κ1) is 20.8. The predicted octanol–water partition coefficient (Wildman–Crippen LogP) is 4.89. The Balaban J connectivity index is 1.60. The maximum atomic E-state index is 13.2. The number of amides is 1. The Morgan fingerprint density at radius 2 is 1.61 bits per heavy atom. The Bertz CT molecular complexity index is 1290. The molecule has 1 N–H and O–H groups in total. The third-order valence-corrected chi connectivity index (χ3v) is 7.38. The number of hydrogen-bond donors (Lipinski definition) is 1. The minimum atomic E-state index is -3.93. The standard InChI is InChI=1S/C23H19N3O3S2/c1-26(19-7-3-2-4-8-19)31(28,29)21-10-6-5-9-20(21)22(27)25-18-13-11-17(12-14-18)23-24-15-16-30-23/h2-16H,1H3,(H,25,27). The van der Waals surface area contributed by atoms with Gasteiger partial charge in [0.05, 0.1) is 11.3 Å². The van der Waals surface area contributed by atoms with Crippen molar-refractivity contribution in [2.45, 2.75) is 4.90 Å². The maximum Gasteiger partial charge on any atom is 0.264 e. The van der Waals surface area contributed by atoms with Crippen molar-refractivity contribution in [3.8, 4) is 10.6 Å². The molecule has 0 radical (unpaired) electrons. The second kappa shape index (κ2) is 8.71. The molecule has 0 bridgehead atoms. The van der Waals surface area contributed by atoms with Crippen LogP contribution in [0.25, 0.3) is 10.6 Å². The van der Waals surface area contributed by atoms with E-state index < -0.39 is 15.9 Å². The molecule has 0 atom stereocenters. The number of para-hydroxylation sites is 1. The van der Waals surface area contributed by atoms with Crippen LogP contribution < -0.4 is 9.62 Å². The van der Waals surface area contributed by atoms with Gasteiger partial charge in [0.2, 0.25) is 0 Å². The molecule has 156 valence electrons. The van der Waals surface area contributed by atoms with Gasteiger partial charge in [0.1, 0.15) is 9.90 Å². The summed E-state index contributed by atoms with van der Waals surface area (Å²) in [4.78, 5) is 17.2. The lowest BCUT2D eigenvalue weighted by atomic mass is 10.2. The fraction of sp³-hybridized carbons (Fsp3) is 0.0435. The number of aromatic nitrogens is 1. The highest BCUT2D eigenvalue weighted by Gasteiger charge is 2.26. The lowest BCUT2D eigenvalue weighted by Gasteiger charge is -2.21. The van der Waals surface area contributed by atoms with Crippen LogP contribution in [-0.4, -0.2) is 26.4 Å². The van der Waals surface area contributed by atoms with Gasteiger partial charge in [0.15, 0.2) is 0 Å². The van der Waals surface area contributed by atoms with Gasteiger partial charge >= 0.3 is 0 Å². The Morgan fingerprint density at radius 1 is 0.935 bits per heavy atom. The second-order valence-electron chi connectivity index (χ2n) is 6.67. The molecule has 0 saturated carbocycles. The van der Waals surface area contributed by atoms with Crippen molar-refractivity contribution in [3.05, 3.63) is 96.0 Å². The van der Waals surface area contributed by atoms with Crippen molar-refractivity contribution in [1.29, 1.82) is 0 Å². The van der Waals surface area contributed by atoms with Crippen LogP contribution in [0.4, 0.5) is 11.4 Å². The molecule has 31 heavy (non-hydrogen) atoms. The van der Waals surface area contributed by atoms with Gasteiger partial charge < -0.3 is 5.32 Å². The fourth-order valence-corrected chi connectivity index (χ4v) is 5.09. The summed E-state index contributed by atoms with van der Waals surface area (Å²) in [5, 5.41) is 5.57. The molecule has 0 aliphatic rings. The number of sulfonamides is 1. The average Bonchev–Trinajstić information content (AvgIpc) is 3.34. The van der Waals surface area contributed by atoms with Gasteiger partial charge in [0.25, 0.3) is 15.9 Å². The van der Waals surface area contributed by atoms with Gasteiger partial charge in [0, 0.05) is 29.9 Å². The van der Waals surface area contributed by atoms with Crippen LogP contribution >= 0.6 is 11.3 Å². The first-order chi connectivity index (χ1) is 15.0. The Kier molecular flexibility index (Phi) is 5.83. The van der Waals surface area contributed by atoms with E-state index in [0.717, 1.165) is 10.6 Å². The topological polar surface area (TPSA) is 79.4 Å². The zero-order chi connectivity index (χ0) is 21.8. The molecule has 0 fully saturated rings. The normalized spacial score (nSPS) is 11.1. The third kappa shape index (κ3) is 4.35. The summed E-state index contributed by atoms with van der Waals surface area (Å²) in [6.07, 6.45) is 1.74. The molecule has 0 unspecified atom stereocenters. The zero-order valence-electron chi connectivity index (χ0n) is 16.6. The lowest BCUT2D eigenvalue weighted by Crippen LogP contribution is -2.28. The Hall–Kier alpha value is -3.49. The van der Waals surface area contributed by atoms with E-state index in [1.807, 2.05) is 23.6 Å². The molecular weight excluding hydrogens is 430 g/mol. The summed E-state index contributed by atoms with van der Waals surface area (Å²) in [5.74, 6) is -0.498. The SMILES string of the molecule is CN(c1ccccc1)S(=O)(=O)c1ccccc1C(=O)Nc1ccc(-c2nccs2)cc1. The van der Waals surface area contributed by atoms with Crippen LogP contribution in [-0.2, 0) is 10.0 Å². The number of carbonyl (C=O) groups excluding carboxylic acids is 1. The molecule has 4 aromatic rings. The molecule has 1 heterocycles. The van der Waals surface area contributed by atoms with Crippen molar-refractivity contribution in [3.63, 3.8) is 0 Å². The molecule has 0 spiro atoms. The number of carbonyl (C=O) groups is 1. The number of rotatable bonds is 6. The number of anilines is 2. The zero-order valence-corrected chi connectivity index (χ0v) is 18.2. The molecule has 1 aromatic heterocycles. The van der Waals surface area contributed by atoms with Crippen molar-refractivity contribution in [1.82, 2.24) is 4.98 Å². The number of nitrogens with one attached hydrogen (secondary N) is 1. The lowest BCUT2D eigenvalue weighted by molar-refractivity contribution is 0.102. The summed E-state index contributed by atoms with van der Waals surface area (Å²) in [6, 6.07) is 22.2. The quantitative estimate of drug-likeness (QED) is 0.455. The molecule has 4 rings (SSSR count). The molecule has 3 aromatic carbocycles. The minimum Gasteiger partial charge on any atom is -0.322 e. The van der Waals surface area contributed by atoms with Crippen LogP contribution in [0.15, 0.2) is 95.3 Å². The highest BCUT2D eigenvalue weighted by Crippen LogP contribution is 2.26. The fourth-order valence-electron chi connectivity index (χ4n) is 3.06. The first-order valence-corrected chi connectivity index (χ1v) is 11.7. The van der Waals surface area contributed by atoms with Crippen molar-refractivity contribution < 1.29 is 13.2 Å². The van der Waals surface area contributed by atoms with E-state index in [2.05, 4.69) is 10.3 Å². The predicted molar refractivity (Wildman–Crippen MR) is 124 cm³/mol. The first-order valence-electron chi connectivity index (χ1n) is 9.41. The summed E-state index contributed by atoms with van der Waals surface area (Å²) in [5.41, 5.74) is 2.10. The molecule has 0 saturated heterocycles. The Morgan fingerprint density at radius 3 is 2.29 bits per heavy atom. The van der Waals surface area contributed by atoms with Crippen LogP contribution in [0.3, 0.4) is 0 Å². The van der Waals surface area contributed by atoms with E-state index in [0.29, 0.717) is 11.4 Å². The van der Waals surface area contributed by atoms with Gasteiger partial charge in [-0.25, -0.2) is 13.4 Å². The van der Waals surface area contributed by atoms with Gasteiger partial charge in [-0.05, 0) is 48.5 Å². The van der Waals surface area contributed by atoms with Crippen LogP contribution in [0.1, 0.15) is 10.4 Å². The van der Waals surface area contributed by atoms with E-state index >= 15 is 0 Å². The molecular formula is C23H19N3O3S2. The smallest absolute Gasteiger partial charge is 0.264 e. The Labute approximate surface area is 184 Å². The summed E-state index contributed by atoms with van der Waals surface area (Å²) in [7, 11) is -2.46. The number of hydrogen-bond acceptors (Lipinski definition) is 5. The largest absolute Gasteiger partial charge is 0.322 e. The number of benzene rings is 3. The molecule has 6 nitrogen and oxygen atoms in total. The number of thiazole rings is 1. The highest BCUT2D eigenvalue weighted by molar-refractivity contribution is 7.92. The maximum absolute atomic E-state index is 13.2. The van der Waals surface area contributed by atoms with E-state index in [9.17, 15) is 13.2 Å². The molecule has 0 aliphatic heterocycles. The van der Waals surface area contributed by atoms with Gasteiger partial charge in [-0.2, -0.15) is 0 Å². The van der Waals surface area contributed by atoms with E-state index in [-0.39, 0.29) is 10.5 Å². The van der Waals surface area contributed by atoms with Crippen molar-refractivity contribution in [2.24, 2.45) is 0 Å². The van der Waals surface area contributed by atoms with Gasteiger partial charge in [-0.1, -0.05) is 30.3 Å². The molecule has 0 aliphatic carbocycles. The second-order valence-corrected chi connectivity index (χ2v) is 9.51. The highest BCUT2D eigenvalue weighted by atomic mass is 32.2. The summed E-state index contributed by atoms with van der Waals surface area (Å²) < 4.78 is 27.6. The average molecular weight is 450 g/mol. The molecule has 1 amide bonds. The van der Waals surface area contributed by atoms with E-state index in [1.54, 1.807) is 54.7 Å². The van der Waals surface area contributed by atoms with Gasteiger partial charge in [-0.15, -0.1) is 11.3 Å². The molecule has 8 heteroatoms. The van der Waals surface area contributed by atoms with Crippen LogP contribution in [0, 0.1) is 0 Å². The van der Waals surface area contributed by atoms with Crippen LogP contribution in [0.5, 0.6) is 0 Å². The van der Waals surface area contributed by atoms with Crippen molar-refractivity contribution in [2.75, 3.05) is 16.7 Å².